The molecule has 164 valence electrons. The standard InChI is InChI=1S/C24H22IN3O4/c1-17-6-2-4-8-21(17)27-23(29)15-31-19-12-10-18(11-13-19)14-26-28-24(30)16-32-22-9-5-3-7-20(22)25/h2-14H,15-16H2,1H3,(H,27,29)(H,28,30)/b26-14+. The van der Waals surface area contributed by atoms with Crippen LogP contribution in [-0.2, 0) is 9.59 Å². The van der Waals surface area contributed by atoms with E-state index >= 15 is 0 Å². The molecule has 0 aliphatic rings. The third kappa shape index (κ3) is 7.38. The van der Waals surface area contributed by atoms with E-state index in [0.29, 0.717) is 11.5 Å². The normalized spacial score (nSPS) is 10.6. The number of hydrogen-bond donors (Lipinski definition) is 2. The summed E-state index contributed by atoms with van der Waals surface area (Å²) in [6.45, 7) is 1.70. The highest BCUT2D eigenvalue weighted by molar-refractivity contribution is 14.1. The van der Waals surface area contributed by atoms with E-state index in [0.717, 1.165) is 20.4 Å². The van der Waals surface area contributed by atoms with Crippen LogP contribution < -0.4 is 20.2 Å². The van der Waals surface area contributed by atoms with Gasteiger partial charge in [0.2, 0.25) is 0 Å². The molecule has 0 aromatic heterocycles. The summed E-state index contributed by atoms with van der Waals surface area (Å²) in [4.78, 5) is 23.9. The molecule has 2 amide bonds. The zero-order valence-corrected chi connectivity index (χ0v) is 19.5. The predicted molar refractivity (Wildman–Crippen MR) is 132 cm³/mol. The van der Waals surface area contributed by atoms with Crippen LogP contribution in [0.3, 0.4) is 0 Å². The van der Waals surface area contributed by atoms with Crippen molar-refractivity contribution in [3.8, 4) is 11.5 Å². The van der Waals surface area contributed by atoms with E-state index in [1.165, 1.54) is 6.21 Å². The summed E-state index contributed by atoms with van der Waals surface area (Å²) in [5, 5.41) is 6.74. The molecule has 0 bridgehead atoms. The lowest BCUT2D eigenvalue weighted by atomic mass is 10.2. The Kier molecular flexibility index (Phi) is 8.61. The lowest BCUT2D eigenvalue weighted by molar-refractivity contribution is -0.123. The molecule has 2 N–H and O–H groups in total. The predicted octanol–water partition coefficient (Wildman–Crippen LogP) is 4.15. The number of benzene rings is 3. The van der Waals surface area contributed by atoms with Crippen LogP contribution in [0.25, 0.3) is 0 Å². The Labute approximate surface area is 200 Å². The van der Waals surface area contributed by atoms with Gasteiger partial charge in [-0.2, -0.15) is 5.10 Å². The van der Waals surface area contributed by atoms with Crippen molar-refractivity contribution < 1.29 is 19.1 Å². The van der Waals surface area contributed by atoms with E-state index in [4.69, 9.17) is 9.47 Å². The van der Waals surface area contributed by atoms with Gasteiger partial charge in [-0.05, 0) is 83.1 Å². The zero-order chi connectivity index (χ0) is 22.8. The molecule has 0 aliphatic carbocycles. The van der Waals surface area contributed by atoms with Crippen molar-refractivity contribution in [3.05, 3.63) is 87.5 Å². The first-order chi connectivity index (χ1) is 15.5. The molecule has 0 aliphatic heterocycles. The number of anilines is 1. The van der Waals surface area contributed by atoms with Crippen LogP contribution in [0.1, 0.15) is 11.1 Å². The number of halogens is 1. The summed E-state index contributed by atoms with van der Waals surface area (Å²) in [5.41, 5.74) is 4.93. The van der Waals surface area contributed by atoms with Crippen LogP contribution in [-0.4, -0.2) is 31.2 Å². The summed E-state index contributed by atoms with van der Waals surface area (Å²) in [6.07, 6.45) is 1.51. The van der Waals surface area contributed by atoms with Crippen molar-refractivity contribution in [1.29, 1.82) is 0 Å². The second-order valence-corrected chi connectivity index (χ2v) is 7.90. The first-order valence-electron chi connectivity index (χ1n) is 9.79. The molecule has 3 rings (SSSR count). The molecule has 3 aromatic carbocycles. The van der Waals surface area contributed by atoms with E-state index in [2.05, 4.69) is 38.4 Å². The van der Waals surface area contributed by atoms with Crippen LogP contribution in [0.15, 0.2) is 77.9 Å². The minimum atomic E-state index is -0.361. The zero-order valence-electron chi connectivity index (χ0n) is 17.4. The van der Waals surface area contributed by atoms with Gasteiger partial charge in [0.15, 0.2) is 13.2 Å². The number of carbonyl (C=O) groups excluding carboxylic acids is 2. The number of amides is 2. The lowest BCUT2D eigenvalue weighted by Crippen LogP contribution is -2.24. The molecule has 0 unspecified atom stereocenters. The van der Waals surface area contributed by atoms with Gasteiger partial charge in [-0.15, -0.1) is 0 Å². The van der Waals surface area contributed by atoms with E-state index in [9.17, 15) is 9.59 Å². The van der Waals surface area contributed by atoms with Crippen molar-refractivity contribution in [1.82, 2.24) is 5.43 Å². The molecule has 8 heteroatoms. The van der Waals surface area contributed by atoms with Crippen LogP contribution >= 0.6 is 22.6 Å². The van der Waals surface area contributed by atoms with Gasteiger partial charge in [-0.1, -0.05) is 30.3 Å². The molecule has 0 heterocycles. The number of aryl methyl sites for hydroxylation is 1. The fourth-order valence-corrected chi connectivity index (χ4v) is 3.16. The van der Waals surface area contributed by atoms with Gasteiger partial charge in [-0.25, -0.2) is 5.43 Å². The third-order valence-corrected chi connectivity index (χ3v) is 5.16. The smallest absolute Gasteiger partial charge is 0.277 e. The Morgan fingerprint density at radius 2 is 1.59 bits per heavy atom. The minimum Gasteiger partial charge on any atom is -0.484 e. The highest BCUT2D eigenvalue weighted by atomic mass is 127. The van der Waals surface area contributed by atoms with Gasteiger partial charge >= 0.3 is 0 Å². The lowest BCUT2D eigenvalue weighted by Gasteiger charge is -2.09. The number of carbonyl (C=O) groups is 2. The van der Waals surface area contributed by atoms with Gasteiger partial charge in [0.1, 0.15) is 11.5 Å². The number of para-hydroxylation sites is 2. The summed E-state index contributed by atoms with van der Waals surface area (Å²) in [5.74, 6) is 0.605. The molecule has 0 spiro atoms. The fraction of sp³-hybridized carbons (Fsp3) is 0.125. The van der Waals surface area contributed by atoms with Gasteiger partial charge < -0.3 is 14.8 Å². The SMILES string of the molecule is Cc1ccccc1NC(=O)COc1ccc(/C=N/NC(=O)COc2ccccc2I)cc1. The highest BCUT2D eigenvalue weighted by Gasteiger charge is 2.06. The minimum absolute atomic E-state index is 0.0990. The molecule has 3 aromatic rings. The Balaban J connectivity index is 1.40. The Morgan fingerprint density at radius 3 is 2.34 bits per heavy atom. The monoisotopic (exact) mass is 543 g/mol. The average molecular weight is 543 g/mol. The van der Waals surface area contributed by atoms with Crippen LogP contribution in [0, 0.1) is 10.5 Å². The average Bonchev–Trinajstić information content (AvgIpc) is 2.79. The maximum Gasteiger partial charge on any atom is 0.277 e. The summed E-state index contributed by atoms with van der Waals surface area (Å²) in [7, 11) is 0. The number of rotatable bonds is 9. The number of hydrazone groups is 1. The second kappa shape index (κ2) is 11.8. The van der Waals surface area contributed by atoms with Crippen LogP contribution in [0.2, 0.25) is 0 Å². The Bertz CT molecular complexity index is 1100. The van der Waals surface area contributed by atoms with Gasteiger partial charge in [0.05, 0.1) is 9.78 Å². The van der Waals surface area contributed by atoms with Gasteiger partial charge in [0.25, 0.3) is 11.8 Å². The van der Waals surface area contributed by atoms with Crippen molar-refractivity contribution in [3.63, 3.8) is 0 Å². The molecule has 0 fully saturated rings. The Hall–Kier alpha value is -3.40. The van der Waals surface area contributed by atoms with E-state index in [-0.39, 0.29) is 25.0 Å². The molecule has 32 heavy (non-hydrogen) atoms. The van der Waals surface area contributed by atoms with E-state index in [1.807, 2.05) is 49.4 Å². The summed E-state index contributed by atoms with van der Waals surface area (Å²) >= 11 is 2.14. The molecule has 0 saturated carbocycles. The third-order valence-electron chi connectivity index (χ3n) is 4.27. The largest absolute Gasteiger partial charge is 0.484 e. The van der Waals surface area contributed by atoms with Crippen molar-refractivity contribution >= 4 is 46.3 Å². The fourth-order valence-electron chi connectivity index (χ4n) is 2.61. The Morgan fingerprint density at radius 1 is 0.906 bits per heavy atom. The maximum absolute atomic E-state index is 12.1. The number of nitrogens with one attached hydrogen (secondary N) is 2. The molecule has 0 saturated heterocycles. The van der Waals surface area contributed by atoms with Crippen molar-refractivity contribution in [2.24, 2.45) is 5.10 Å². The number of ether oxygens (including phenoxy) is 2. The topological polar surface area (TPSA) is 89.0 Å². The molecular formula is C24H22IN3O4. The van der Waals surface area contributed by atoms with E-state index < -0.39 is 0 Å². The number of hydrogen-bond acceptors (Lipinski definition) is 5. The summed E-state index contributed by atoms with van der Waals surface area (Å²) < 4.78 is 11.9. The van der Waals surface area contributed by atoms with Crippen LogP contribution in [0.5, 0.6) is 11.5 Å². The van der Waals surface area contributed by atoms with Gasteiger partial charge in [0, 0.05) is 5.69 Å². The second-order valence-electron chi connectivity index (χ2n) is 6.73. The van der Waals surface area contributed by atoms with Crippen molar-refractivity contribution in [2.45, 2.75) is 6.92 Å². The van der Waals surface area contributed by atoms with Gasteiger partial charge in [-0.3, -0.25) is 9.59 Å². The highest BCUT2D eigenvalue weighted by Crippen LogP contribution is 2.19. The quantitative estimate of drug-likeness (QED) is 0.241. The first kappa shape index (κ1) is 23.3. The van der Waals surface area contributed by atoms with Crippen molar-refractivity contribution in [2.75, 3.05) is 18.5 Å². The molecule has 0 atom stereocenters. The number of nitrogens with zero attached hydrogens (tertiary/aromatic N) is 1. The molecular weight excluding hydrogens is 521 g/mol. The van der Waals surface area contributed by atoms with E-state index in [1.54, 1.807) is 30.3 Å². The molecule has 7 nitrogen and oxygen atoms in total. The first-order valence-corrected chi connectivity index (χ1v) is 10.9. The summed E-state index contributed by atoms with van der Waals surface area (Å²) in [6, 6.07) is 22.0. The van der Waals surface area contributed by atoms with Crippen LogP contribution in [0.4, 0.5) is 5.69 Å². The molecule has 0 radical (unpaired) electrons. The maximum atomic E-state index is 12.1.